The molecule has 0 aliphatic heterocycles. The summed E-state index contributed by atoms with van der Waals surface area (Å²) < 4.78 is 0. The van der Waals surface area contributed by atoms with Crippen molar-refractivity contribution in [2.75, 3.05) is 0 Å². The van der Waals surface area contributed by atoms with E-state index in [-0.39, 0.29) is 6.42 Å². The molecule has 2 nitrogen and oxygen atoms in total. The summed E-state index contributed by atoms with van der Waals surface area (Å²) in [5.41, 5.74) is 5.92. The highest BCUT2D eigenvalue weighted by molar-refractivity contribution is 5.70. The summed E-state index contributed by atoms with van der Waals surface area (Å²) in [5.74, 6) is -0.792. The number of carboxylic acids is 1. The number of aliphatic carboxylic acids is 1. The molecule has 24 heavy (non-hydrogen) atoms. The quantitative estimate of drug-likeness (QED) is 0.711. The summed E-state index contributed by atoms with van der Waals surface area (Å²) in [6.07, 6.45) is 1.98. The van der Waals surface area contributed by atoms with Crippen LogP contribution in [0.2, 0.25) is 0 Å². The molecular weight excluding hydrogens is 296 g/mol. The maximum Gasteiger partial charge on any atom is 0.307 e. The van der Waals surface area contributed by atoms with Gasteiger partial charge in [0.25, 0.3) is 0 Å². The Hall–Kier alpha value is -2.87. The van der Waals surface area contributed by atoms with Crippen LogP contribution in [0.25, 0.3) is 11.1 Å². The van der Waals surface area contributed by atoms with E-state index in [1.54, 1.807) is 0 Å². The van der Waals surface area contributed by atoms with Gasteiger partial charge in [-0.1, -0.05) is 78.9 Å². The molecular formula is C22H20O2. The summed E-state index contributed by atoms with van der Waals surface area (Å²) >= 11 is 0. The Morgan fingerprint density at radius 3 is 2.04 bits per heavy atom. The Balaban J connectivity index is 1.72. The summed E-state index contributed by atoms with van der Waals surface area (Å²) in [5, 5.41) is 8.83. The van der Waals surface area contributed by atoms with Crippen LogP contribution in [0.4, 0.5) is 0 Å². The van der Waals surface area contributed by atoms with E-state index in [1.165, 1.54) is 22.3 Å². The molecule has 0 spiro atoms. The van der Waals surface area contributed by atoms with Gasteiger partial charge in [-0.2, -0.15) is 0 Å². The van der Waals surface area contributed by atoms with E-state index in [0.717, 1.165) is 18.4 Å². The number of carbonyl (C=O) groups is 1. The molecule has 0 atom stereocenters. The Kier molecular flexibility index (Phi) is 5.07. The molecule has 0 unspecified atom stereocenters. The molecule has 0 saturated carbocycles. The van der Waals surface area contributed by atoms with E-state index in [9.17, 15) is 4.79 Å². The third kappa shape index (κ3) is 4.11. The van der Waals surface area contributed by atoms with E-state index in [4.69, 9.17) is 5.11 Å². The van der Waals surface area contributed by atoms with Gasteiger partial charge in [0.15, 0.2) is 0 Å². The predicted molar refractivity (Wildman–Crippen MR) is 97.1 cm³/mol. The lowest BCUT2D eigenvalue weighted by atomic mass is 9.95. The van der Waals surface area contributed by atoms with Crippen LogP contribution in [-0.2, 0) is 24.1 Å². The van der Waals surface area contributed by atoms with Crippen molar-refractivity contribution in [1.82, 2.24) is 0 Å². The Morgan fingerprint density at radius 1 is 0.708 bits per heavy atom. The normalized spacial score (nSPS) is 10.5. The Bertz CT molecular complexity index is 805. The van der Waals surface area contributed by atoms with Gasteiger partial charge in [0.2, 0.25) is 0 Å². The summed E-state index contributed by atoms with van der Waals surface area (Å²) in [4.78, 5) is 10.7. The van der Waals surface area contributed by atoms with Gasteiger partial charge in [-0.3, -0.25) is 4.79 Å². The highest BCUT2D eigenvalue weighted by Gasteiger charge is 2.05. The minimum absolute atomic E-state index is 0.0805. The van der Waals surface area contributed by atoms with Crippen LogP contribution >= 0.6 is 0 Å². The highest BCUT2D eigenvalue weighted by Crippen LogP contribution is 2.24. The lowest BCUT2D eigenvalue weighted by Crippen LogP contribution is -2.00. The first-order valence-corrected chi connectivity index (χ1v) is 8.15. The molecule has 0 amide bonds. The van der Waals surface area contributed by atoms with Crippen molar-refractivity contribution in [1.29, 1.82) is 0 Å². The number of aryl methyl sites for hydroxylation is 2. The molecule has 3 rings (SSSR count). The van der Waals surface area contributed by atoms with Crippen molar-refractivity contribution in [2.24, 2.45) is 0 Å². The van der Waals surface area contributed by atoms with Crippen molar-refractivity contribution >= 4 is 5.97 Å². The second-order valence-electron chi connectivity index (χ2n) is 5.91. The van der Waals surface area contributed by atoms with Crippen molar-refractivity contribution in [3.05, 3.63) is 95.6 Å². The van der Waals surface area contributed by atoms with E-state index in [2.05, 4.69) is 48.5 Å². The zero-order valence-corrected chi connectivity index (χ0v) is 13.5. The van der Waals surface area contributed by atoms with Gasteiger partial charge < -0.3 is 5.11 Å². The Labute approximate surface area is 142 Å². The van der Waals surface area contributed by atoms with Gasteiger partial charge in [0.1, 0.15) is 0 Å². The van der Waals surface area contributed by atoms with Crippen molar-refractivity contribution < 1.29 is 9.90 Å². The minimum Gasteiger partial charge on any atom is -0.481 e. The van der Waals surface area contributed by atoms with Gasteiger partial charge in [-0.25, -0.2) is 0 Å². The van der Waals surface area contributed by atoms with Crippen LogP contribution in [0.5, 0.6) is 0 Å². The third-order valence-corrected chi connectivity index (χ3v) is 4.16. The first kappa shape index (κ1) is 16.0. The number of hydrogen-bond acceptors (Lipinski definition) is 1. The highest BCUT2D eigenvalue weighted by atomic mass is 16.4. The van der Waals surface area contributed by atoms with Crippen LogP contribution in [0.1, 0.15) is 16.7 Å². The first-order valence-electron chi connectivity index (χ1n) is 8.15. The third-order valence-electron chi connectivity index (χ3n) is 4.16. The van der Waals surface area contributed by atoms with E-state index >= 15 is 0 Å². The standard InChI is InChI=1S/C22H20O2/c23-22(24)16-18-12-10-17(11-13-18)14-15-20-8-4-5-9-21(20)19-6-2-1-3-7-19/h1-13H,14-16H2,(H,23,24). The molecule has 0 fully saturated rings. The summed E-state index contributed by atoms with van der Waals surface area (Å²) in [7, 11) is 0. The van der Waals surface area contributed by atoms with Gasteiger partial charge in [0.05, 0.1) is 6.42 Å². The van der Waals surface area contributed by atoms with Gasteiger partial charge in [-0.15, -0.1) is 0 Å². The monoisotopic (exact) mass is 316 g/mol. The average Bonchev–Trinajstić information content (AvgIpc) is 2.62. The second-order valence-corrected chi connectivity index (χ2v) is 5.91. The summed E-state index contributed by atoms with van der Waals surface area (Å²) in [6.45, 7) is 0. The second kappa shape index (κ2) is 7.60. The molecule has 0 aliphatic rings. The van der Waals surface area contributed by atoms with Gasteiger partial charge >= 0.3 is 5.97 Å². The maximum absolute atomic E-state index is 10.7. The van der Waals surface area contributed by atoms with E-state index in [0.29, 0.717) is 0 Å². The van der Waals surface area contributed by atoms with Crippen molar-refractivity contribution in [3.63, 3.8) is 0 Å². The number of hydrogen-bond donors (Lipinski definition) is 1. The largest absolute Gasteiger partial charge is 0.481 e. The minimum atomic E-state index is -0.792. The average molecular weight is 316 g/mol. The number of carboxylic acid groups (broad SMARTS) is 1. The van der Waals surface area contributed by atoms with Crippen LogP contribution < -0.4 is 0 Å². The Morgan fingerprint density at radius 2 is 1.33 bits per heavy atom. The zero-order valence-electron chi connectivity index (χ0n) is 13.5. The van der Waals surface area contributed by atoms with Gasteiger partial charge in [-0.05, 0) is 40.7 Å². The van der Waals surface area contributed by atoms with E-state index in [1.807, 2.05) is 30.3 Å². The molecule has 0 aromatic heterocycles. The fraction of sp³-hybridized carbons (Fsp3) is 0.136. The fourth-order valence-electron chi connectivity index (χ4n) is 2.92. The fourth-order valence-corrected chi connectivity index (χ4v) is 2.92. The van der Waals surface area contributed by atoms with Gasteiger partial charge in [0, 0.05) is 0 Å². The molecule has 3 aromatic carbocycles. The molecule has 0 aliphatic carbocycles. The van der Waals surface area contributed by atoms with E-state index < -0.39 is 5.97 Å². The molecule has 0 saturated heterocycles. The van der Waals surface area contributed by atoms with Crippen molar-refractivity contribution in [3.8, 4) is 11.1 Å². The summed E-state index contributed by atoms with van der Waals surface area (Å²) in [6, 6.07) is 26.8. The SMILES string of the molecule is O=C(O)Cc1ccc(CCc2ccccc2-c2ccccc2)cc1. The molecule has 2 heteroatoms. The van der Waals surface area contributed by atoms with Crippen LogP contribution in [-0.4, -0.2) is 11.1 Å². The molecule has 3 aromatic rings. The molecule has 0 radical (unpaired) electrons. The number of benzene rings is 3. The predicted octanol–water partition coefficient (Wildman–Crippen LogP) is 4.77. The molecule has 0 bridgehead atoms. The first-order chi connectivity index (χ1) is 11.7. The maximum atomic E-state index is 10.7. The topological polar surface area (TPSA) is 37.3 Å². The lowest BCUT2D eigenvalue weighted by molar-refractivity contribution is -0.136. The molecule has 1 N–H and O–H groups in total. The molecule has 0 heterocycles. The van der Waals surface area contributed by atoms with Crippen LogP contribution in [0.15, 0.2) is 78.9 Å². The smallest absolute Gasteiger partial charge is 0.307 e. The lowest BCUT2D eigenvalue weighted by Gasteiger charge is -2.10. The number of rotatable bonds is 6. The molecule has 120 valence electrons. The van der Waals surface area contributed by atoms with Crippen LogP contribution in [0, 0.1) is 0 Å². The zero-order chi connectivity index (χ0) is 16.8. The van der Waals surface area contributed by atoms with Crippen molar-refractivity contribution in [2.45, 2.75) is 19.3 Å². The van der Waals surface area contributed by atoms with Crippen LogP contribution in [0.3, 0.4) is 0 Å².